The van der Waals surface area contributed by atoms with Crippen LogP contribution in [-0.2, 0) is 33.8 Å². The maximum Gasteiger partial charge on any atom is 0.291 e. The third-order valence-electron chi connectivity index (χ3n) is 7.86. The topological polar surface area (TPSA) is 139 Å². The highest BCUT2D eigenvalue weighted by Crippen LogP contribution is 2.17. The highest BCUT2D eigenvalue weighted by Gasteiger charge is 2.30. The van der Waals surface area contributed by atoms with Gasteiger partial charge in [0.15, 0.2) is 0 Å². The Hall–Kier alpha value is -3.96. The number of carbonyl (C=O) groups is 4. The monoisotopic (exact) mass is 567 g/mol. The van der Waals surface area contributed by atoms with E-state index in [1.807, 2.05) is 16.7 Å². The van der Waals surface area contributed by atoms with Gasteiger partial charge < -0.3 is 29.7 Å². The molecule has 1 fully saturated rings. The lowest BCUT2D eigenvalue weighted by Crippen LogP contribution is -2.54. The molecule has 2 aliphatic rings. The molecular formula is C29H41N7O5. The fraction of sp³-hybridized carbons (Fsp3) is 0.586. The van der Waals surface area contributed by atoms with Crippen molar-refractivity contribution in [2.75, 3.05) is 33.8 Å². The Kier molecular flexibility index (Phi) is 10.3. The third-order valence-corrected chi connectivity index (χ3v) is 7.86. The van der Waals surface area contributed by atoms with Crippen LogP contribution in [0.3, 0.4) is 0 Å². The minimum absolute atomic E-state index is 0.143. The number of methoxy groups -OCH3 is 1. The predicted octanol–water partition coefficient (Wildman–Crippen LogP) is 1.33. The second-order valence-corrected chi connectivity index (χ2v) is 10.7. The van der Waals surface area contributed by atoms with Crippen molar-refractivity contribution in [2.45, 2.75) is 76.9 Å². The average Bonchev–Trinajstić information content (AvgIpc) is 3.23. The Balaban J connectivity index is 1.50. The molecule has 4 amide bonds. The average molecular weight is 568 g/mol. The van der Waals surface area contributed by atoms with Gasteiger partial charge in [-0.15, -0.1) is 10.2 Å². The van der Waals surface area contributed by atoms with Gasteiger partial charge in [0.05, 0.1) is 7.11 Å². The van der Waals surface area contributed by atoms with E-state index in [9.17, 15) is 19.2 Å². The Morgan fingerprint density at radius 2 is 1.73 bits per heavy atom. The van der Waals surface area contributed by atoms with Gasteiger partial charge in [-0.3, -0.25) is 19.2 Å². The molecule has 222 valence electrons. The molecule has 12 nitrogen and oxygen atoms in total. The number of ether oxygens (including phenoxy) is 1. The van der Waals surface area contributed by atoms with Gasteiger partial charge >= 0.3 is 0 Å². The van der Waals surface area contributed by atoms with E-state index in [4.69, 9.17) is 4.74 Å². The lowest BCUT2D eigenvalue weighted by molar-refractivity contribution is -0.141. The lowest BCUT2D eigenvalue weighted by Gasteiger charge is -2.29. The standard InChI is InChI=1S/C29H41N7O5/c1-20-27(38)30-15-8-17-35(29(40)26-33-32-24-9-5-4-6-18-36(24)26)16-7-10-25(37)31-23(28(39)34(20)2)19-21-11-13-22(41-3)14-12-21/h11-14,20,23H,4-10,15-19H2,1-3H3,(H,30,38)(H,31,37)/t20-,23-/m0/s1. The molecule has 1 aromatic heterocycles. The molecule has 2 atom stereocenters. The molecule has 2 N–H and O–H groups in total. The van der Waals surface area contributed by atoms with Crippen LogP contribution in [0.25, 0.3) is 0 Å². The Labute approximate surface area is 240 Å². The first-order valence-electron chi connectivity index (χ1n) is 14.5. The van der Waals surface area contributed by atoms with Crippen LogP contribution in [0.5, 0.6) is 5.75 Å². The summed E-state index contributed by atoms with van der Waals surface area (Å²) in [5.41, 5.74) is 0.845. The van der Waals surface area contributed by atoms with Gasteiger partial charge in [0.25, 0.3) is 5.91 Å². The number of aromatic nitrogens is 3. The third kappa shape index (κ3) is 7.62. The molecule has 1 aromatic carbocycles. The fourth-order valence-corrected chi connectivity index (χ4v) is 5.24. The van der Waals surface area contributed by atoms with Crippen LogP contribution >= 0.6 is 0 Å². The zero-order valence-electron chi connectivity index (χ0n) is 24.2. The van der Waals surface area contributed by atoms with E-state index >= 15 is 0 Å². The quantitative estimate of drug-likeness (QED) is 0.568. The van der Waals surface area contributed by atoms with Crippen molar-refractivity contribution in [1.29, 1.82) is 0 Å². The summed E-state index contributed by atoms with van der Waals surface area (Å²) in [7, 11) is 3.15. The molecule has 0 unspecified atom stereocenters. The number of amides is 4. The number of benzene rings is 1. The summed E-state index contributed by atoms with van der Waals surface area (Å²) in [6.45, 7) is 3.45. The molecule has 0 spiro atoms. The van der Waals surface area contributed by atoms with Gasteiger partial charge in [-0.2, -0.15) is 0 Å². The Bertz CT molecular complexity index is 1230. The number of likely N-dealkylation sites (N-methyl/N-ethyl adjacent to an activating group) is 1. The maximum atomic E-state index is 13.6. The van der Waals surface area contributed by atoms with Crippen molar-refractivity contribution in [1.82, 2.24) is 35.2 Å². The van der Waals surface area contributed by atoms with Gasteiger partial charge in [-0.05, 0) is 50.3 Å². The maximum absolute atomic E-state index is 13.6. The molecule has 2 aliphatic heterocycles. The molecule has 0 saturated carbocycles. The predicted molar refractivity (Wildman–Crippen MR) is 151 cm³/mol. The molecule has 2 aromatic rings. The summed E-state index contributed by atoms with van der Waals surface area (Å²) in [5.74, 6) is 0.690. The van der Waals surface area contributed by atoms with Crippen LogP contribution in [0.15, 0.2) is 24.3 Å². The Morgan fingerprint density at radius 3 is 2.49 bits per heavy atom. The van der Waals surface area contributed by atoms with E-state index in [1.165, 1.54) is 4.90 Å². The number of aryl methyl sites for hydroxylation is 1. The smallest absolute Gasteiger partial charge is 0.291 e. The summed E-state index contributed by atoms with van der Waals surface area (Å²) >= 11 is 0. The second kappa shape index (κ2) is 14.1. The van der Waals surface area contributed by atoms with Crippen molar-refractivity contribution < 1.29 is 23.9 Å². The normalized spacial score (nSPS) is 21.6. The summed E-state index contributed by atoms with van der Waals surface area (Å²) in [6.07, 6.45) is 5.23. The number of hydrogen-bond donors (Lipinski definition) is 2. The van der Waals surface area contributed by atoms with Crippen LogP contribution in [0.2, 0.25) is 0 Å². The molecule has 4 rings (SSSR count). The first-order valence-corrected chi connectivity index (χ1v) is 14.5. The largest absolute Gasteiger partial charge is 0.497 e. The van der Waals surface area contributed by atoms with E-state index in [2.05, 4.69) is 20.8 Å². The summed E-state index contributed by atoms with van der Waals surface area (Å²) in [5, 5.41) is 14.2. The van der Waals surface area contributed by atoms with E-state index in [0.29, 0.717) is 50.6 Å². The minimum atomic E-state index is -0.856. The number of rotatable bonds is 4. The fourth-order valence-electron chi connectivity index (χ4n) is 5.24. The SMILES string of the molecule is COc1ccc(C[C@@H]2NC(=O)CCCN(C(=O)c3nnc4n3CCCCC4)CCCNC(=O)[C@H](C)N(C)C2=O)cc1. The van der Waals surface area contributed by atoms with E-state index in [0.717, 1.165) is 37.1 Å². The Morgan fingerprint density at radius 1 is 0.976 bits per heavy atom. The number of hydrogen-bond acceptors (Lipinski definition) is 7. The lowest BCUT2D eigenvalue weighted by atomic mass is 10.0. The molecule has 0 radical (unpaired) electrons. The van der Waals surface area contributed by atoms with Gasteiger partial charge in [0.2, 0.25) is 23.5 Å². The molecule has 0 aliphatic carbocycles. The number of nitrogens with zero attached hydrogens (tertiary/aromatic N) is 5. The van der Waals surface area contributed by atoms with Crippen molar-refractivity contribution in [2.24, 2.45) is 0 Å². The highest BCUT2D eigenvalue weighted by molar-refractivity contribution is 5.92. The molecule has 3 heterocycles. The number of carbonyl (C=O) groups excluding carboxylic acids is 4. The zero-order valence-corrected chi connectivity index (χ0v) is 24.2. The number of fused-ring (bicyclic) bond motifs is 1. The van der Waals surface area contributed by atoms with Gasteiger partial charge in [0, 0.05) is 52.5 Å². The van der Waals surface area contributed by atoms with E-state index < -0.39 is 12.1 Å². The molecular weight excluding hydrogens is 526 g/mol. The van der Waals surface area contributed by atoms with E-state index in [-0.39, 0.29) is 36.5 Å². The van der Waals surface area contributed by atoms with Crippen molar-refractivity contribution in [3.05, 3.63) is 41.5 Å². The summed E-state index contributed by atoms with van der Waals surface area (Å²) in [4.78, 5) is 56.0. The molecule has 1 saturated heterocycles. The zero-order chi connectivity index (χ0) is 29.4. The molecule has 0 bridgehead atoms. The van der Waals surface area contributed by atoms with Crippen LogP contribution in [0, 0.1) is 0 Å². The van der Waals surface area contributed by atoms with E-state index in [1.54, 1.807) is 38.1 Å². The van der Waals surface area contributed by atoms with Crippen LogP contribution in [-0.4, -0.2) is 94.1 Å². The molecule has 41 heavy (non-hydrogen) atoms. The van der Waals surface area contributed by atoms with Crippen molar-refractivity contribution >= 4 is 23.6 Å². The molecule has 12 heteroatoms. The van der Waals surface area contributed by atoms with Crippen LogP contribution < -0.4 is 15.4 Å². The van der Waals surface area contributed by atoms with Crippen LogP contribution in [0.1, 0.15) is 67.5 Å². The first kappa shape index (κ1) is 30.0. The van der Waals surface area contributed by atoms with Crippen LogP contribution in [0.4, 0.5) is 0 Å². The van der Waals surface area contributed by atoms with Crippen molar-refractivity contribution in [3.8, 4) is 5.75 Å². The summed E-state index contributed by atoms with van der Waals surface area (Å²) in [6, 6.07) is 5.69. The minimum Gasteiger partial charge on any atom is -0.497 e. The highest BCUT2D eigenvalue weighted by atomic mass is 16.5. The first-order chi connectivity index (χ1) is 19.8. The van der Waals surface area contributed by atoms with Crippen molar-refractivity contribution in [3.63, 3.8) is 0 Å². The summed E-state index contributed by atoms with van der Waals surface area (Å²) < 4.78 is 7.14. The number of nitrogens with one attached hydrogen (secondary N) is 2. The van der Waals surface area contributed by atoms with Gasteiger partial charge in [-0.25, -0.2) is 0 Å². The van der Waals surface area contributed by atoms with Gasteiger partial charge in [-0.1, -0.05) is 18.6 Å². The second-order valence-electron chi connectivity index (χ2n) is 10.7. The van der Waals surface area contributed by atoms with Gasteiger partial charge in [0.1, 0.15) is 23.7 Å².